The maximum atomic E-state index is 12.2. The molecule has 1 saturated heterocycles. The molecule has 0 aromatic rings. The van der Waals surface area contributed by atoms with Crippen LogP contribution in [0.25, 0.3) is 0 Å². The number of amides is 2. The lowest BCUT2D eigenvalue weighted by Gasteiger charge is -2.38. The Hall–Kier alpha value is -1.10. The second-order valence-corrected chi connectivity index (χ2v) is 7.21. The van der Waals surface area contributed by atoms with E-state index in [1.165, 1.54) is 38.5 Å². The minimum absolute atomic E-state index is 0.0332. The number of rotatable bonds is 5. The van der Waals surface area contributed by atoms with Gasteiger partial charge in [-0.05, 0) is 38.0 Å². The van der Waals surface area contributed by atoms with Crippen molar-refractivity contribution in [3.8, 4) is 0 Å². The van der Waals surface area contributed by atoms with Gasteiger partial charge < -0.3 is 10.6 Å². The fraction of sp³-hybridized carbons (Fsp3) is 0.882. The van der Waals surface area contributed by atoms with Crippen LogP contribution >= 0.6 is 0 Å². The Balaban J connectivity index is 1.54. The normalized spacial score (nSPS) is 28.0. The molecule has 0 bridgehead atoms. The third-order valence-electron chi connectivity index (χ3n) is 5.51. The Morgan fingerprint density at radius 3 is 2.59 bits per heavy atom. The molecule has 0 aromatic carbocycles. The molecule has 124 valence electrons. The first-order valence-corrected chi connectivity index (χ1v) is 9.03. The summed E-state index contributed by atoms with van der Waals surface area (Å²) in [5.74, 6) is 0.781. The summed E-state index contributed by atoms with van der Waals surface area (Å²) in [6, 6.07) is 0.0849. The molecule has 3 fully saturated rings. The van der Waals surface area contributed by atoms with Crippen molar-refractivity contribution in [1.29, 1.82) is 0 Å². The van der Waals surface area contributed by atoms with Crippen molar-refractivity contribution < 1.29 is 9.59 Å². The van der Waals surface area contributed by atoms with Crippen molar-refractivity contribution in [2.45, 2.75) is 69.9 Å². The maximum absolute atomic E-state index is 12.2. The highest BCUT2D eigenvalue weighted by Gasteiger charge is 2.33. The number of hydrogen-bond acceptors (Lipinski definition) is 3. The van der Waals surface area contributed by atoms with Crippen LogP contribution in [0.2, 0.25) is 0 Å². The van der Waals surface area contributed by atoms with E-state index in [1.807, 2.05) is 0 Å². The van der Waals surface area contributed by atoms with Gasteiger partial charge in [0, 0.05) is 25.7 Å². The van der Waals surface area contributed by atoms with Crippen LogP contribution in [0.1, 0.15) is 57.8 Å². The van der Waals surface area contributed by atoms with Crippen molar-refractivity contribution in [2.75, 3.05) is 19.6 Å². The van der Waals surface area contributed by atoms with E-state index in [-0.39, 0.29) is 17.9 Å². The summed E-state index contributed by atoms with van der Waals surface area (Å²) < 4.78 is 0. The topological polar surface area (TPSA) is 61.4 Å². The molecular formula is C17H29N3O2. The van der Waals surface area contributed by atoms with Crippen LogP contribution in [0.5, 0.6) is 0 Å². The summed E-state index contributed by atoms with van der Waals surface area (Å²) in [5.41, 5.74) is 0. The molecule has 5 heteroatoms. The molecule has 0 aromatic heterocycles. The van der Waals surface area contributed by atoms with E-state index in [4.69, 9.17) is 0 Å². The van der Waals surface area contributed by atoms with Crippen LogP contribution in [-0.2, 0) is 9.59 Å². The summed E-state index contributed by atoms with van der Waals surface area (Å²) in [6.07, 6.45) is 10.2. The number of piperazine rings is 1. The van der Waals surface area contributed by atoms with Crippen molar-refractivity contribution in [3.05, 3.63) is 0 Å². The zero-order valence-corrected chi connectivity index (χ0v) is 13.5. The van der Waals surface area contributed by atoms with Gasteiger partial charge in [0.25, 0.3) is 0 Å². The van der Waals surface area contributed by atoms with Gasteiger partial charge in [-0.1, -0.05) is 19.3 Å². The molecular weight excluding hydrogens is 278 g/mol. The molecule has 2 N–H and O–H groups in total. The van der Waals surface area contributed by atoms with E-state index in [0.717, 1.165) is 25.9 Å². The van der Waals surface area contributed by atoms with E-state index in [2.05, 4.69) is 15.5 Å². The number of carbonyl (C=O) groups is 2. The number of nitrogens with one attached hydrogen (secondary N) is 2. The second kappa shape index (κ2) is 7.44. The molecule has 1 unspecified atom stereocenters. The van der Waals surface area contributed by atoms with Gasteiger partial charge in [-0.2, -0.15) is 0 Å². The van der Waals surface area contributed by atoms with Crippen LogP contribution in [0, 0.1) is 5.92 Å². The summed E-state index contributed by atoms with van der Waals surface area (Å²) in [7, 11) is 0. The largest absolute Gasteiger partial charge is 0.353 e. The third kappa shape index (κ3) is 4.00. The third-order valence-corrected chi connectivity index (χ3v) is 5.51. The predicted octanol–water partition coefficient (Wildman–Crippen LogP) is 1.43. The van der Waals surface area contributed by atoms with Gasteiger partial charge in [0.05, 0.1) is 12.5 Å². The maximum Gasteiger partial charge on any atom is 0.237 e. The molecule has 1 aliphatic heterocycles. The molecule has 2 saturated carbocycles. The SMILES string of the molecule is O=C(CC1C(=O)NCCN1CC1CCCCC1)NC1CCC1. The molecule has 22 heavy (non-hydrogen) atoms. The molecule has 1 atom stereocenters. The summed E-state index contributed by atoms with van der Waals surface area (Å²) in [5, 5.41) is 5.99. The first-order chi connectivity index (χ1) is 10.7. The smallest absolute Gasteiger partial charge is 0.237 e. The lowest BCUT2D eigenvalue weighted by molar-refractivity contribution is -0.134. The van der Waals surface area contributed by atoms with E-state index < -0.39 is 0 Å². The van der Waals surface area contributed by atoms with Gasteiger partial charge in [-0.3, -0.25) is 14.5 Å². The van der Waals surface area contributed by atoms with Gasteiger partial charge >= 0.3 is 0 Å². The van der Waals surface area contributed by atoms with Gasteiger partial charge in [-0.15, -0.1) is 0 Å². The molecule has 5 nitrogen and oxygen atoms in total. The van der Waals surface area contributed by atoms with Crippen LogP contribution in [0.15, 0.2) is 0 Å². The Bertz CT molecular complexity index is 403. The second-order valence-electron chi connectivity index (χ2n) is 7.21. The molecule has 2 aliphatic carbocycles. The Morgan fingerprint density at radius 1 is 1.14 bits per heavy atom. The molecule has 3 aliphatic rings. The summed E-state index contributed by atoms with van der Waals surface area (Å²) >= 11 is 0. The highest BCUT2D eigenvalue weighted by atomic mass is 16.2. The molecule has 1 heterocycles. The molecule has 3 rings (SSSR count). The minimum Gasteiger partial charge on any atom is -0.353 e. The fourth-order valence-corrected chi connectivity index (χ4v) is 3.92. The van der Waals surface area contributed by atoms with Gasteiger partial charge in [0.2, 0.25) is 11.8 Å². The van der Waals surface area contributed by atoms with Gasteiger partial charge in [0.1, 0.15) is 0 Å². The quantitative estimate of drug-likeness (QED) is 0.807. The van der Waals surface area contributed by atoms with E-state index in [0.29, 0.717) is 24.9 Å². The van der Waals surface area contributed by atoms with Gasteiger partial charge in [0.15, 0.2) is 0 Å². The van der Waals surface area contributed by atoms with Crippen molar-refractivity contribution in [1.82, 2.24) is 15.5 Å². The van der Waals surface area contributed by atoms with E-state index in [9.17, 15) is 9.59 Å². The Kier molecular flexibility index (Phi) is 5.34. The summed E-state index contributed by atoms with van der Waals surface area (Å²) in [6.45, 7) is 2.57. The number of hydrogen-bond donors (Lipinski definition) is 2. The zero-order valence-electron chi connectivity index (χ0n) is 13.5. The van der Waals surface area contributed by atoms with E-state index >= 15 is 0 Å². The van der Waals surface area contributed by atoms with E-state index in [1.54, 1.807) is 0 Å². The predicted molar refractivity (Wildman–Crippen MR) is 85.3 cm³/mol. The minimum atomic E-state index is -0.268. The Labute approximate surface area is 133 Å². The first kappa shape index (κ1) is 15.8. The van der Waals surface area contributed by atoms with Crippen LogP contribution < -0.4 is 10.6 Å². The number of nitrogens with zero attached hydrogens (tertiary/aromatic N) is 1. The standard InChI is InChI=1S/C17H29N3O2/c21-16(19-14-7-4-8-14)11-15-17(22)18-9-10-20(15)12-13-5-2-1-3-6-13/h13-15H,1-12H2,(H,18,22)(H,19,21). The van der Waals surface area contributed by atoms with Crippen LogP contribution in [-0.4, -0.2) is 48.4 Å². The summed E-state index contributed by atoms with van der Waals surface area (Å²) in [4.78, 5) is 26.7. The Morgan fingerprint density at radius 2 is 1.91 bits per heavy atom. The monoisotopic (exact) mass is 307 g/mol. The van der Waals surface area contributed by atoms with Gasteiger partial charge in [-0.25, -0.2) is 0 Å². The average Bonchev–Trinajstić information content (AvgIpc) is 2.48. The van der Waals surface area contributed by atoms with Crippen molar-refractivity contribution in [3.63, 3.8) is 0 Å². The lowest BCUT2D eigenvalue weighted by Crippen LogP contribution is -2.58. The average molecular weight is 307 g/mol. The first-order valence-electron chi connectivity index (χ1n) is 9.03. The lowest BCUT2D eigenvalue weighted by atomic mass is 9.88. The van der Waals surface area contributed by atoms with Crippen LogP contribution in [0.3, 0.4) is 0 Å². The molecule has 0 spiro atoms. The fourth-order valence-electron chi connectivity index (χ4n) is 3.92. The zero-order chi connectivity index (χ0) is 15.4. The molecule has 0 radical (unpaired) electrons. The number of carbonyl (C=O) groups excluding carboxylic acids is 2. The highest BCUT2D eigenvalue weighted by molar-refractivity contribution is 5.88. The highest BCUT2D eigenvalue weighted by Crippen LogP contribution is 2.26. The molecule has 2 amide bonds. The van der Waals surface area contributed by atoms with Crippen molar-refractivity contribution in [2.24, 2.45) is 5.92 Å². The van der Waals surface area contributed by atoms with Crippen LogP contribution in [0.4, 0.5) is 0 Å². The van der Waals surface area contributed by atoms with Crippen molar-refractivity contribution >= 4 is 11.8 Å².